The first-order valence-electron chi connectivity index (χ1n) is 7.69. The van der Waals surface area contributed by atoms with E-state index in [4.69, 9.17) is 4.42 Å². The lowest BCUT2D eigenvalue weighted by atomic mass is 10.1. The van der Waals surface area contributed by atoms with Gasteiger partial charge in [0, 0.05) is 20.0 Å². The van der Waals surface area contributed by atoms with Crippen molar-refractivity contribution in [3.63, 3.8) is 0 Å². The number of aromatic nitrogens is 1. The van der Waals surface area contributed by atoms with Crippen molar-refractivity contribution in [2.24, 2.45) is 0 Å². The molecule has 1 aliphatic rings. The van der Waals surface area contributed by atoms with Crippen LogP contribution in [0.2, 0.25) is 0 Å². The molecule has 0 radical (unpaired) electrons. The Bertz CT molecular complexity index is 729. The maximum absolute atomic E-state index is 12.4. The van der Waals surface area contributed by atoms with E-state index >= 15 is 0 Å². The highest BCUT2D eigenvalue weighted by atomic mass is 32.1. The van der Waals surface area contributed by atoms with Gasteiger partial charge in [-0.05, 0) is 38.3 Å². The van der Waals surface area contributed by atoms with E-state index in [1.165, 1.54) is 24.7 Å². The number of amides is 2. The zero-order valence-corrected chi connectivity index (χ0v) is 14.0. The average Bonchev–Trinajstić information content (AvgIpc) is 3.13. The van der Waals surface area contributed by atoms with Crippen LogP contribution < -0.4 is 5.32 Å². The van der Waals surface area contributed by atoms with Crippen molar-refractivity contribution in [2.75, 3.05) is 18.4 Å². The smallest absolute Gasteiger partial charge is 0.289 e. The molecule has 0 saturated carbocycles. The van der Waals surface area contributed by atoms with E-state index in [2.05, 4.69) is 10.3 Å². The second-order valence-electron chi connectivity index (χ2n) is 5.63. The molecule has 7 heteroatoms. The number of nitrogens with zero attached hydrogens (tertiary/aromatic N) is 2. The van der Waals surface area contributed by atoms with E-state index in [9.17, 15) is 9.59 Å². The van der Waals surface area contributed by atoms with Crippen molar-refractivity contribution in [1.82, 2.24) is 9.88 Å². The molecule has 122 valence electrons. The first-order valence-corrected chi connectivity index (χ1v) is 8.51. The van der Waals surface area contributed by atoms with Crippen LogP contribution in [0.3, 0.4) is 0 Å². The summed E-state index contributed by atoms with van der Waals surface area (Å²) in [6.07, 6.45) is 3.28. The molecule has 3 rings (SSSR count). The number of piperidine rings is 1. The fraction of sp³-hybridized carbons (Fsp3) is 0.438. The minimum Gasteiger partial charge on any atom is -0.450 e. The summed E-state index contributed by atoms with van der Waals surface area (Å²) >= 11 is 1.34. The lowest BCUT2D eigenvalue weighted by Crippen LogP contribution is -2.35. The minimum atomic E-state index is -0.161. The summed E-state index contributed by atoms with van der Waals surface area (Å²) in [6.45, 7) is 4.88. The summed E-state index contributed by atoms with van der Waals surface area (Å²) < 4.78 is 5.75. The summed E-state index contributed by atoms with van der Waals surface area (Å²) in [5, 5.41) is 3.20. The zero-order chi connectivity index (χ0) is 16.4. The maximum Gasteiger partial charge on any atom is 0.289 e. The van der Waals surface area contributed by atoms with Gasteiger partial charge in [0.25, 0.3) is 5.91 Å². The van der Waals surface area contributed by atoms with Gasteiger partial charge in [-0.2, -0.15) is 0 Å². The van der Waals surface area contributed by atoms with Crippen molar-refractivity contribution in [2.45, 2.75) is 33.1 Å². The number of thiazole rings is 1. The number of nitrogens with one attached hydrogen (secondary N) is 1. The molecule has 1 saturated heterocycles. The molecule has 6 nitrogen and oxygen atoms in total. The van der Waals surface area contributed by atoms with E-state index in [-0.39, 0.29) is 11.8 Å². The molecule has 23 heavy (non-hydrogen) atoms. The molecule has 0 bridgehead atoms. The lowest BCUT2D eigenvalue weighted by Gasteiger charge is -2.25. The predicted molar refractivity (Wildman–Crippen MR) is 88.6 cm³/mol. The van der Waals surface area contributed by atoms with Gasteiger partial charge in [0.1, 0.15) is 5.76 Å². The average molecular weight is 333 g/mol. The molecular formula is C16H19N3O3S. The quantitative estimate of drug-likeness (QED) is 0.935. The number of aryl methyl sites for hydroxylation is 1. The molecule has 1 aliphatic heterocycles. The van der Waals surface area contributed by atoms with Crippen molar-refractivity contribution in [1.29, 1.82) is 0 Å². The summed E-state index contributed by atoms with van der Waals surface area (Å²) in [5.74, 6) is 0.749. The largest absolute Gasteiger partial charge is 0.450 e. The third-order valence-corrected chi connectivity index (χ3v) is 4.85. The van der Waals surface area contributed by atoms with Crippen LogP contribution >= 0.6 is 11.3 Å². The number of hydrogen-bond donors (Lipinski definition) is 1. The minimum absolute atomic E-state index is 0.0554. The first-order chi connectivity index (χ1) is 11.0. The fourth-order valence-electron chi connectivity index (χ4n) is 2.66. The van der Waals surface area contributed by atoms with E-state index < -0.39 is 0 Å². The molecule has 3 heterocycles. The normalized spacial score (nSPS) is 14.8. The number of hydrogen-bond acceptors (Lipinski definition) is 5. The van der Waals surface area contributed by atoms with Crippen molar-refractivity contribution >= 4 is 28.3 Å². The van der Waals surface area contributed by atoms with Crippen LogP contribution in [-0.4, -0.2) is 34.8 Å². The van der Waals surface area contributed by atoms with Crippen LogP contribution in [0, 0.1) is 6.92 Å². The lowest BCUT2D eigenvalue weighted by molar-refractivity contribution is -0.114. The van der Waals surface area contributed by atoms with Crippen LogP contribution in [-0.2, 0) is 4.79 Å². The summed E-state index contributed by atoms with van der Waals surface area (Å²) in [5.41, 5.74) is 0.769. The third kappa shape index (κ3) is 3.44. The number of carbonyl (C=O) groups is 2. The zero-order valence-electron chi connectivity index (χ0n) is 13.2. The predicted octanol–water partition coefficient (Wildman–Crippen LogP) is 3.30. The van der Waals surface area contributed by atoms with Crippen LogP contribution in [0.25, 0.3) is 10.6 Å². The van der Waals surface area contributed by atoms with Crippen molar-refractivity contribution in [3.8, 4) is 10.6 Å². The van der Waals surface area contributed by atoms with Gasteiger partial charge in [0.15, 0.2) is 10.9 Å². The monoisotopic (exact) mass is 333 g/mol. The molecule has 1 fully saturated rings. The molecule has 1 N–H and O–H groups in total. The maximum atomic E-state index is 12.4. The van der Waals surface area contributed by atoms with Gasteiger partial charge in [0.2, 0.25) is 5.91 Å². The second kappa shape index (κ2) is 6.54. The van der Waals surface area contributed by atoms with Crippen LogP contribution in [0.4, 0.5) is 5.13 Å². The molecule has 2 aromatic rings. The Kier molecular flexibility index (Phi) is 4.47. The number of rotatable bonds is 3. The Hall–Kier alpha value is -2.15. The summed E-state index contributed by atoms with van der Waals surface area (Å²) in [6, 6.07) is 3.50. The Morgan fingerprint density at radius 1 is 1.26 bits per heavy atom. The number of anilines is 1. The van der Waals surface area contributed by atoms with Gasteiger partial charge in [-0.15, -0.1) is 0 Å². The molecule has 2 aromatic heterocycles. The highest BCUT2D eigenvalue weighted by molar-refractivity contribution is 7.19. The second-order valence-corrected chi connectivity index (χ2v) is 6.63. The van der Waals surface area contributed by atoms with Gasteiger partial charge in [-0.3, -0.25) is 9.59 Å². The Labute approximate surface area is 138 Å². The topological polar surface area (TPSA) is 75.4 Å². The third-order valence-electron chi connectivity index (χ3n) is 3.76. The molecule has 0 unspecified atom stereocenters. The molecule has 0 aromatic carbocycles. The van der Waals surface area contributed by atoms with E-state index in [0.29, 0.717) is 16.7 Å². The SMILES string of the molecule is CC(=O)Nc1nc(C)c(-c2ccc(C(=O)N3CCCCC3)o2)s1. The van der Waals surface area contributed by atoms with E-state index in [1.54, 1.807) is 12.1 Å². The number of likely N-dealkylation sites (tertiary alicyclic amines) is 1. The van der Waals surface area contributed by atoms with Gasteiger partial charge < -0.3 is 14.6 Å². The Morgan fingerprint density at radius 2 is 2.00 bits per heavy atom. The molecule has 0 spiro atoms. The molecule has 0 atom stereocenters. The number of furan rings is 1. The van der Waals surface area contributed by atoms with Crippen LogP contribution in [0.5, 0.6) is 0 Å². The standard InChI is InChI=1S/C16H19N3O3S/c1-10-14(23-16(17-10)18-11(2)20)12-6-7-13(22-12)15(21)19-8-4-3-5-9-19/h6-7H,3-5,8-9H2,1-2H3,(H,17,18,20). The Morgan fingerprint density at radius 3 is 2.70 bits per heavy atom. The van der Waals surface area contributed by atoms with Gasteiger partial charge in [-0.25, -0.2) is 4.98 Å². The molecule has 2 amide bonds. The summed E-state index contributed by atoms with van der Waals surface area (Å²) in [4.78, 5) is 30.5. The van der Waals surface area contributed by atoms with Gasteiger partial charge in [0.05, 0.1) is 10.6 Å². The van der Waals surface area contributed by atoms with Crippen LogP contribution in [0.1, 0.15) is 42.4 Å². The van der Waals surface area contributed by atoms with Gasteiger partial charge >= 0.3 is 0 Å². The van der Waals surface area contributed by atoms with Gasteiger partial charge in [-0.1, -0.05) is 11.3 Å². The summed E-state index contributed by atoms with van der Waals surface area (Å²) in [7, 11) is 0. The van der Waals surface area contributed by atoms with E-state index in [1.807, 2.05) is 11.8 Å². The first kappa shape index (κ1) is 15.7. The highest BCUT2D eigenvalue weighted by Gasteiger charge is 2.22. The van der Waals surface area contributed by atoms with Crippen molar-refractivity contribution < 1.29 is 14.0 Å². The fourth-order valence-corrected chi connectivity index (χ4v) is 3.63. The Balaban J connectivity index is 1.80. The highest BCUT2D eigenvalue weighted by Crippen LogP contribution is 2.34. The number of carbonyl (C=O) groups excluding carboxylic acids is 2. The molecular weight excluding hydrogens is 314 g/mol. The van der Waals surface area contributed by atoms with Crippen LogP contribution in [0.15, 0.2) is 16.5 Å². The van der Waals surface area contributed by atoms with Crippen molar-refractivity contribution in [3.05, 3.63) is 23.6 Å². The van der Waals surface area contributed by atoms with E-state index in [0.717, 1.165) is 36.5 Å². The molecule has 0 aliphatic carbocycles.